The lowest BCUT2D eigenvalue weighted by molar-refractivity contribution is -0.139. The molecule has 0 saturated carbocycles. The van der Waals surface area contributed by atoms with E-state index in [9.17, 15) is 9.59 Å². The van der Waals surface area contributed by atoms with Gasteiger partial charge in [-0.2, -0.15) is 0 Å². The van der Waals surface area contributed by atoms with E-state index in [1.807, 2.05) is 36.4 Å². The topological polar surface area (TPSA) is 55.4 Å². The van der Waals surface area contributed by atoms with Crippen LogP contribution >= 0.6 is 22.6 Å². The van der Waals surface area contributed by atoms with E-state index in [4.69, 9.17) is 0 Å². The van der Waals surface area contributed by atoms with E-state index in [1.54, 1.807) is 0 Å². The summed E-state index contributed by atoms with van der Waals surface area (Å²) in [4.78, 5) is 22.5. The Labute approximate surface area is 104 Å². The molecule has 0 radical (unpaired) electrons. The zero-order chi connectivity index (χ0) is 11.8. The Bertz CT molecular complexity index is 221. The average Bonchev–Trinajstić information content (AvgIpc) is 2.24. The summed E-state index contributed by atoms with van der Waals surface area (Å²) in [5, 5.41) is 2.73. The normalized spacial score (nSPS) is 14.1. The fraction of sp³-hybridized carbons (Fsp3) is 0.800. The van der Waals surface area contributed by atoms with Crippen LogP contribution in [0.25, 0.3) is 0 Å². The van der Waals surface area contributed by atoms with Crippen molar-refractivity contribution >= 4 is 34.5 Å². The number of carbonyl (C=O) groups excluding carboxylic acids is 2. The summed E-state index contributed by atoms with van der Waals surface area (Å²) in [7, 11) is 1.34. The maximum absolute atomic E-state index is 11.5. The highest BCUT2D eigenvalue weighted by Gasteiger charge is 2.17. The van der Waals surface area contributed by atoms with Gasteiger partial charge in [0.05, 0.1) is 7.11 Å². The number of carbonyl (C=O) groups is 2. The first-order chi connectivity index (χ1) is 7.02. The summed E-state index contributed by atoms with van der Waals surface area (Å²) in [6.45, 7) is 4.26. The Morgan fingerprint density at radius 2 is 2.07 bits per heavy atom. The number of alkyl halides is 1. The smallest absolute Gasteiger partial charge is 0.320 e. The van der Waals surface area contributed by atoms with Crippen molar-refractivity contribution < 1.29 is 14.3 Å². The molecule has 0 aromatic rings. The largest absolute Gasteiger partial charge is 0.468 e. The van der Waals surface area contributed by atoms with Gasteiger partial charge in [-0.1, -0.05) is 42.9 Å². The van der Waals surface area contributed by atoms with Crippen molar-refractivity contribution in [2.45, 2.75) is 30.6 Å². The van der Waals surface area contributed by atoms with Crippen LogP contribution in [0.4, 0.5) is 0 Å². The van der Waals surface area contributed by atoms with Gasteiger partial charge in [0.15, 0.2) is 0 Å². The molecule has 1 amide bonds. The summed E-state index contributed by atoms with van der Waals surface area (Å²) in [6.07, 6.45) is 1.86. The van der Waals surface area contributed by atoms with Crippen LogP contribution in [0.3, 0.4) is 0 Å². The fourth-order valence-corrected chi connectivity index (χ4v) is 1.61. The molecule has 2 atom stereocenters. The van der Waals surface area contributed by atoms with Gasteiger partial charge in [-0.15, -0.1) is 0 Å². The minimum Gasteiger partial charge on any atom is -0.468 e. The summed E-state index contributed by atoms with van der Waals surface area (Å²) in [5.41, 5.74) is 0. The Morgan fingerprint density at radius 1 is 1.47 bits per heavy atom. The van der Waals surface area contributed by atoms with Gasteiger partial charge in [-0.25, -0.2) is 0 Å². The first-order valence-electron chi connectivity index (χ1n) is 5.02. The molecule has 0 saturated heterocycles. The van der Waals surface area contributed by atoms with Gasteiger partial charge in [0.25, 0.3) is 0 Å². The standard InChI is InChI=1S/C10H18INO3/c1-4-5-7(2)9(13)12-6-8(11)10(14)15-3/h7-8H,4-6H2,1-3H3,(H,12,13). The van der Waals surface area contributed by atoms with Crippen molar-refractivity contribution in [3.05, 3.63) is 0 Å². The van der Waals surface area contributed by atoms with E-state index in [2.05, 4.69) is 10.1 Å². The van der Waals surface area contributed by atoms with E-state index in [1.165, 1.54) is 7.11 Å². The molecular weight excluding hydrogens is 309 g/mol. The van der Waals surface area contributed by atoms with Crippen LogP contribution in [0.2, 0.25) is 0 Å². The third-order valence-corrected chi connectivity index (χ3v) is 3.03. The van der Waals surface area contributed by atoms with E-state index in [-0.39, 0.29) is 21.7 Å². The number of hydrogen-bond donors (Lipinski definition) is 1. The molecule has 0 spiro atoms. The summed E-state index contributed by atoms with van der Waals surface area (Å²) >= 11 is 1.96. The number of esters is 1. The molecule has 88 valence electrons. The molecule has 0 aromatic heterocycles. The molecule has 2 unspecified atom stereocenters. The van der Waals surface area contributed by atoms with Crippen LogP contribution in [0.1, 0.15) is 26.7 Å². The molecule has 5 heteroatoms. The van der Waals surface area contributed by atoms with Gasteiger partial charge in [0.1, 0.15) is 3.92 Å². The molecule has 0 bridgehead atoms. The van der Waals surface area contributed by atoms with Crippen LogP contribution in [0.5, 0.6) is 0 Å². The Morgan fingerprint density at radius 3 is 2.53 bits per heavy atom. The third-order valence-electron chi connectivity index (χ3n) is 2.08. The number of nitrogens with one attached hydrogen (secondary N) is 1. The minimum atomic E-state index is -0.314. The highest BCUT2D eigenvalue weighted by molar-refractivity contribution is 14.1. The van der Waals surface area contributed by atoms with E-state index in [0.29, 0.717) is 6.54 Å². The molecule has 0 aliphatic rings. The fourth-order valence-electron chi connectivity index (χ4n) is 1.14. The molecule has 0 heterocycles. The van der Waals surface area contributed by atoms with Crippen LogP contribution < -0.4 is 5.32 Å². The zero-order valence-electron chi connectivity index (χ0n) is 9.38. The molecule has 15 heavy (non-hydrogen) atoms. The summed E-state index contributed by atoms with van der Waals surface area (Å²) in [6, 6.07) is 0. The van der Waals surface area contributed by atoms with Crippen molar-refractivity contribution in [2.24, 2.45) is 5.92 Å². The van der Waals surface area contributed by atoms with Crippen LogP contribution in [0.15, 0.2) is 0 Å². The highest BCUT2D eigenvalue weighted by Crippen LogP contribution is 2.06. The molecule has 1 N–H and O–H groups in total. The maximum Gasteiger partial charge on any atom is 0.320 e. The van der Waals surface area contributed by atoms with Gasteiger partial charge in [0, 0.05) is 12.5 Å². The first kappa shape index (κ1) is 14.7. The Hall–Kier alpha value is -0.330. The van der Waals surface area contributed by atoms with Crippen molar-refractivity contribution in [3.8, 4) is 0 Å². The number of halogens is 1. The SMILES string of the molecule is CCCC(C)C(=O)NCC(I)C(=O)OC. The quantitative estimate of drug-likeness (QED) is 0.457. The van der Waals surface area contributed by atoms with Crippen molar-refractivity contribution in [2.75, 3.05) is 13.7 Å². The summed E-state index contributed by atoms with van der Waals surface area (Å²) < 4.78 is 4.24. The lowest BCUT2D eigenvalue weighted by Gasteiger charge is -2.13. The van der Waals surface area contributed by atoms with Crippen LogP contribution in [-0.4, -0.2) is 29.5 Å². The van der Waals surface area contributed by atoms with Gasteiger partial charge >= 0.3 is 5.97 Å². The second-order valence-electron chi connectivity index (χ2n) is 3.43. The predicted molar refractivity (Wildman–Crippen MR) is 66.9 cm³/mol. The third kappa shape index (κ3) is 5.96. The van der Waals surface area contributed by atoms with Gasteiger partial charge in [-0.3, -0.25) is 9.59 Å². The van der Waals surface area contributed by atoms with Crippen LogP contribution in [-0.2, 0) is 14.3 Å². The minimum absolute atomic E-state index is 0.00224. The first-order valence-corrected chi connectivity index (χ1v) is 6.27. The maximum atomic E-state index is 11.5. The molecule has 0 rings (SSSR count). The van der Waals surface area contributed by atoms with E-state index < -0.39 is 0 Å². The zero-order valence-corrected chi connectivity index (χ0v) is 11.5. The highest BCUT2D eigenvalue weighted by atomic mass is 127. The van der Waals surface area contributed by atoms with Crippen molar-refractivity contribution in [1.82, 2.24) is 5.32 Å². The molecule has 4 nitrogen and oxygen atoms in total. The second-order valence-corrected chi connectivity index (χ2v) is 4.93. The Kier molecular flexibility index (Phi) is 7.72. The number of rotatable bonds is 6. The van der Waals surface area contributed by atoms with E-state index >= 15 is 0 Å². The molecule has 0 aliphatic carbocycles. The second kappa shape index (κ2) is 7.90. The van der Waals surface area contributed by atoms with Gasteiger partial charge in [0.2, 0.25) is 5.91 Å². The molecule has 0 fully saturated rings. The van der Waals surface area contributed by atoms with Crippen LogP contribution in [0, 0.1) is 5.92 Å². The molecule has 0 aromatic carbocycles. The molecular formula is C10H18INO3. The van der Waals surface area contributed by atoms with Gasteiger partial charge in [-0.05, 0) is 6.42 Å². The van der Waals surface area contributed by atoms with Crippen molar-refractivity contribution in [1.29, 1.82) is 0 Å². The lowest BCUT2D eigenvalue weighted by atomic mass is 10.1. The number of hydrogen-bond acceptors (Lipinski definition) is 3. The van der Waals surface area contributed by atoms with Crippen molar-refractivity contribution in [3.63, 3.8) is 0 Å². The number of amides is 1. The van der Waals surface area contributed by atoms with E-state index in [0.717, 1.165) is 12.8 Å². The molecule has 0 aliphatic heterocycles. The number of methoxy groups -OCH3 is 1. The lowest BCUT2D eigenvalue weighted by Crippen LogP contribution is -2.36. The monoisotopic (exact) mass is 327 g/mol. The average molecular weight is 327 g/mol. The van der Waals surface area contributed by atoms with Gasteiger partial charge < -0.3 is 10.1 Å². The summed E-state index contributed by atoms with van der Waals surface area (Å²) in [5.74, 6) is -0.294. The Balaban J connectivity index is 3.84. The number of ether oxygens (including phenoxy) is 1. The predicted octanol–water partition coefficient (Wildman–Crippen LogP) is 1.52.